The molecule has 0 unspecified atom stereocenters. The summed E-state index contributed by atoms with van der Waals surface area (Å²) in [5.41, 5.74) is 1.92. The number of methoxy groups -OCH3 is 2. The van der Waals surface area contributed by atoms with Gasteiger partial charge in [0.25, 0.3) is 11.8 Å². The number of thiocarbonyl (C=S) groups is 1. The van der Waals surface area contributed by atoms with E-state index in [-0.39, 0.29) is 5.91 Å². The SMILES string of the molecule is COc1cc(OC)c(/C=C2/SC(=S)N(c3cccc(C(=O)Nc4ccc(F)cc4)c3)C2=O)cc1Br. The molecule has 35 heavy (non-hydrogen) atoms. The molecule has 1 fully saturated rings. The maximum Gasteiger partial charge on any atom is 0.270 e. The van der Waals surface area contributed by atoms with Crippen molar-refractivity contribution in [2.75, 3.05) is 24.4 Å². The van der Waals surface area contributed by atoms with Crippen LogP contribution in [0.1, 0.15) is 15.9 Å². The van der Waals surface area contributed by atoms with Crippen LogP contribution in [0.4, 0.5) is 15.8 Å². The number of thioether (sulfide) groups is 1. The molecule has 0 saturated carbocycles. The van der Waals surface area contributed by atoms with Crippen LogP contribution in [0.2, 0.25) is 0 Å². The van der Waals surface area contributed by atoms with Gasteiger partial charge in [0.2, 0.25) is 0 Å². The number of hydrogen-bond acceptors (Lipinski definition) is 6. The van der Waals surface area contributed by atoms with Gasteiger partial charge >= 0.3 is 0 Å². The lowest BCUT2D eigenvalue weighted by molar-refractivity contribution is -0.113. The van der Waals surface area contributed by atoms with E-state index in [1.807, 2.05) is 0 Å². The number of nitrogens with one attached hydrogen (secondary N) is 1. The third-order valence-electron chi connectivity index (χ3n) is 5.05. The van der Waals surface area contributed by atoms with Crippen molar-refractivity contribution in [3.8, 4) is 11.5 Å². The molecule has 1 N–H and O–H groups in total. The summed E-state index contributed by atoms with van der Waals surface area (Å²) in [6, 6.07) is 15.5. The van der Waals surface area contributed by atoms with Gasteiger partial charge in [0.05, 0.1) is 29.3 Å². The minimum atomic E-state index is -0.396. The molecule has 10 heteroatoms. The predicted molar refractivity (Wildman–Crippen MR) is 144 cm³/mol. The Morgan fingerprint density at radius 3 is 2.49 bits per heavy atom. The zero-order chi connectivity index (χ0) is 25.1. The van der Waals surface area contributed by atoms with Gasteiger partial charge < -0.3 is 14.8 Å². The number of hydrogen-bond donors (Lipinski definition) is 1. The van der Waals surface area contributed by atoms with E-state index >= 15 is 0 Å². The van der Waals surface area contributed by atoms with Gasteiger partial charge in [-0.05, 0) is 70.5 Å². The van der Waals surface area contributed by atoms with Gasteiger partial charge in [0.1, 0.15) is 17.3 Å². The van der Waals surface area contributed by atoms with Gasteiger partial charge in [-0.15, -0.1) is 0 Å². The van der Waals surface area contributed by atoms with Crippen LogP contribution in [-0.2, 0) is 4.79 Å². The third-order valence-corrected chi connectivity index (χ3v) is 6.97. The zero-order valence-electron chi connectivity index (χ0n) is 18.5. The second-order valence-corrected chi connectivity index (χ2v) is 9.79. The van der Waals surface area contributed by atoms with Gasteiger partial charge in [0.15, 0.2) is 4.32 Å². The highest BCUT2D eigenvalue weighted by Crippen LogP contribution is 2.39. The van der Waals surface area contributed by atoms with E-state index in [0.29, 0.717) is 47.7 Å². The molecule has 0 bridgehead atoms. The van der Waals surface area contributed by atoms with E-state index in [1.165, 1.54) is 36.3 Å². The molecule has 0 aromatic heterocycles. The van der Waals surface area contributed by atoms with Crippen LogP contribution in [0.5, 0.6) is 11.5 Å². The molecule has 0 spiro atoms. The third kappa shape index (κ3) is 5.39. The number of nitrogens with zero attached hydrogens (tertiary/aromatic N) is 1. The normalized spacial score (nSPS) is 14.4. The van der Waals surface area contributed by atoms with Gasteiger partial charge in [-0.3, -0.25) is 14.5 Å². The first-order chi connectivity index (χ1) is 16.8. The minimum absolute atomic E-state index is 0.315. The highest BCUT2D eigenvalue weighted by molar-refractivity contribution is 9.10. The second kappa shape index (κ2) is 10.6. The van der Waals surface area contributed by atoms with Crippen LogP contribution in [-0.4, -0.2) is 30.4 Å². The first kappa shape index (κ1) is 24.9. The van der Waals surface area contributed by atoms with Crippen molar-refractivity contribution in [2.45, 2.75) is 0 Å². The van der Waals surface area contributed by atoms with Crippen molar-refractivity contribution in [3.05, 3.63) is 87.0 Å². The first-order valence-electron chi connectivity index (χ1n) is 10.2. The van der Waals surface area contributed by atoms with Crippen molar-refractivity contribution >= 4 is 73.5 Å². The van der Waals surface area contributed by atoms with E-state index in [0.717, 1.165) is 11.8 Å². The van der Waals surface area contributed by atoms with Crippen molar-refractivity contribution in [3.63, 3.8) is 0 Å². The molecule has 1 aliphatic rings. The quantitative estimate of drug-likeness (QED) is 0.277. The molecule has 1 saturated heterocycles. The highest BCUT2D eigenvalue weighted by atomic mass is 79.9. The number of carbonyl (C=O) groups is 2. The number of anilines is 2. The van der Waals surface area contributed by atoms with E-state index in [1.54, 1.807) is 49.6 Å². The molecule has 0 atom stereocenters. The van der Waals surface area contributed by atoms with Crippen LogP contribution in [0.25, 0.3) is 6.08 Å². The Kier molecular flexibility index (Phi) is 7.54. The lowest BCUT2D eigenvalue weighted by Gasteiger charge is -2.15. The number of ether oxygens (including phenoxy) is 2. The number of carbonyl (C=O) groups excluding carboxylic acids is 2. The van der Waals surface area contributed by atoms with Crippen molar-refractivity contribution in [2.24, 2.45) is 0 Å². The lowest BCUT2D eigenvalue weighted by atomic mass is 10.1. The molecule has 3 aromatic carbocycles. The summed E-state index contributed by atoms with van der Waals surface area (Å²) in [6.07, 6.45) is 1.70. The Labute approximate surface area is 219 Å². The summed E-state index contributed by atoms with van der Waals surface area (Å²) in [5, 5.41) is 2.71. The van der Waals surface area contributed by atoms with E-state index in [4.69, 9.17) is 21.7 Å². The summed E-state index contributed by atoms with van der Waals surface area (Å²) >= 11 is 10.1. The molecule has 1 aliphatic heterocycles. The highest BCUT2D eigenvalue weighted by Gasteiger charge is 2.34. The molecule has 0 radical (unpaired) electrons. The summed E-state index contributed by atoms with van der Waals surface area (Å²) < 4.78 is 24.9. The van der Waals surface area contributed by atoms with E-state index < -0.39 is 11.7 Å². The molecule has 4 rings (SSSR count). The molecular formula is C25H18BrFN2O4S2. The average Bonchev–Trinajstić information content (AvgIpc) is 3.13. The van der Waals surface area contributed by atoms with Crippen molar-refractivity contribution in [1.82, 2.24) is 0 Å². The van der Waals surface area contributed by atoms with Crippen LogP contribution >= 0.6 is 39.9 Å². The maximum absolute atomic E-state index is 13.3. The summed E-state index contributed by atoms with van der Waals surface area (Å²) in [6.45, 7) is 0. The Balaban J connectivity index is 1.60. The maximum atomic E-state index is 13.3. The summed E-state index contributed by atoms with van der Waals surface area (Å²) in [5.74, 6) is 0.0291. The molecular weight excluding hydrogens is 555 g/mol. The van der Waals surface area contributed by atoms with Gasteiger partial charge in [-0.1, -0.05) is 30.0 Å². The fourth-order valence-corrected chi connectivity index (χ4v) is 5.16. The van der Waals surface area contributed by atoms with Gasteiger partial charge in [-0.25, -0.2) is 4.39 Å². The van der Waals surface area contributed by atoms with E-state index in [2.05, 4.69) is 21.2 Å². The molecule has 6 nitrogen and oxygen atoms in total. The smallest absolute Gasteiger partial charge is 0.270 e. The van der Waals surface area contributed by atoms with Crippen LogP contribution in [0.3, 0.4) is 0 Å². The Morgan fingerprint density at radius 2 is 1.80 bits per heavy atom. The topological polar surface area (TPSA) is 67.9 Å². The van der Waals surface area contributed by atoms with Crippen LogP contribution < -0.4 is 19.7 Å². The summed E-state index contributed by atoms with van der Waals surface area (Å²) in [7, 11) is 3.09. The fraction of sp³-hybridized carbons (Fsp3) is 0.0800. The zero-order valence-corrected chi connectivity index (χ0v) is 21.7. The second-order valence-electron chi connectivity index (χ2n) is 7.26. The van der Waals surface area contributed by atoms with Crippen LogP contribution in [0, 0.1) is 5.82 Å². The monoisotopic (exact) mass is 572 g/mol. The number of amides is 2. The molecule has 3 aromatic rings. The minimum Gasteiger partial charge on any atom is -0.496 e. The largest absolute Gasteiger partial charge is 0.496 e. The predicted octanol–water partition coefficient (Wildman–Crippen LogP) is 6.26. The summed E-state index contributed by atoms with van der Waals surface area (Å²) in [4.78, 5) is 27.8. The number of halogens is 2. The number of rotatable bonds is 6. The Bertz CT molecular complexity index is 1360. The van der Waals surface area contributed by atoms with Crippen LogP contribution in [0.15, 0.2) is 70.0 Å². The van der Waals surface area contributed by atoms with Gasteiger partial charge in [0, 0.05) is 22.9 Å². The van der Waals surface area contributed by atoms with Crippen molar-refractivity contribution < 1.29 is 23.5 Å². The number of benzene rings is 3. The first-order valence-corrected chi connectivity index (χ1v) is 12.2. The average molecular weight is 573 g/mol. The van der Waals surface area contributed by atoms with Gasteiger partial charge in [-0.2, -0.15) is 0 Å². The standard InChI is InChI=1S/C25H18BrFN2O4S2/c1-32-20-13-21(33-2)19(26)11-15(20)12-22-24(31)29(25(34)35-22)18-5-3-4-14(10-18)23(30)28-17-8-6-16(27)7-9-17/h3-13H,1-2H3,(H,28,30)/b22-12+. The Morgan fingerprint density at radius 1 is 1.09 bits per heavy atom. The van der Waals surface area contributed by atoms with E-state index in [9.17, 15) is 14.0 Å². The Hall–Kier alpha value is -3.21. The lowest BCUT2D eigenvalue weighted by Crippen LogP contribution is -2.27. The van der Waals surface area contributed by atoms with Crippen molar-refractivity contribution in [1.29, 1.82) is 0 Å². The fourth-order valence-electron chi connectivity index (χ4n) is 3.35. The molecule has 178 valence electrons. The molecule has 0 aliphatic carbocycles. The molecule has 2 amide bonds. The molecule has 1 heterocycles.